The maximum Gasteiger partial charge on any atom is 0.119 e. The molecule has 0 radical (unpaired) electrons. The van der Waals surface area contributed by atoms with Crippen LogP contribution in [0.25, 0.3) is 0 Å². The Morgan fingerprint density at radius 2 is 1.62 bits per heavy atom. The minimum absolute atomic E-state index is 0.145. The van der Waals surface area contributed by atoms with Gasteiger partial charge >= 0.3 is 0 Å². The van der Waals surface area contributed by atoms with Gasteiger partial charge in [0.15, 0.2) is 0 Å². The van der Waals surface area contributed by atoms with Gasteiger partial charge in [-0.2, -0.15) is 0 Å². The molecule has 0 atom stereocenters. The molecule has 0 aromatic heterocycles. The highest BCUT2D eigenvalue weighted by molar-refractivity contribution is 5.36. The molecule has 0 aliphatic carbocycles. The summed E-state index contributed by atoms with van der Waals surface area (Å²) in [6.45, 7) is 2.15. The summed E-state index contributed by atoms with van der Waals surface area (Å²) in [6, 6.07) is 4.76. The Balaban J connectivity index is 2.56. The van der Waals surface area contributed by atoms with Crippen molar-refractivity contribution in [2.45, 2.75) is 32.6 Å². The predicted molar refractivity (Wildman–Crippen MR) is 53.0 cm³/mol. The highest BCUT2D eigenvalue weighted by Gasteiger charge is 1.98. The van der Waals surface area contributed by atoms with Gasteiger partial charge in [0.25, 0.3) is 0 Å². The Labute approximate surface area is 78.8 Å². The first-order valence-electron chi connectivity index (χ1n) is 4.74. The highest BCUT2D eigenvalue weighted by Crippen LogP contribution is 2.21. The smallest absolute Gasteiger partial charge is 0.119 e. The van der Waals surface area contributed by atoms with E-state index in [1.54, 1.807) is 12.1 Å². The average Bonchev–Trinajstić information content (AvgIpc) is 2.03. The van der Waals surface area contributed by atoms with Crippen molar-refractivity contribution in [2.75, 3.05) is 0 Å². The minimum atomic E-state index is 0.145. The van der Waals surface area contributed by atoms with Crippen LogP contribution in [0.4, 0.5) is 0 Å². The third-order valence-corrected chi connectivity index (χ3v) is 2.03. The van der Waals surface area contributed by atoms with Gasteiger partial charge in [-0.3, -0.25) is 0 Å². The van der Waals surface area contributed by atoms with E-state index in [0.717, 1.165) is 18.4 Å². The van der Waals surface area contributed by atoms with Gasteiger partial charge in [-0.05, 0) is 30.5 Å². The van der Waals surface area contributed by atoms with Crippen molar-refractivity contribution in [1.29, 1.82) is 0 Å². The molecule has 0 bridgehead atoms. The second-order valence-corrected chi connectivity index (χ2v) is 3.31. The van der Waals surface area contributed by atoms with Crippen LogP contribution in [0.2, 0.25) is 0 Å². The van der Waals surface area contributed by atoms with Crippen molar-refractivity contribution in [3.63, 3.8) is 0 Å². The number of unbranched alkanes of at least 4 members (excludes halogenated alkanes) is 2. The van der Waals surface area contributed by atoms with E-state index in [4.69, 9.17) is 0 Å². The summed E-state index contributed by atoms with van der Waals surface area (Å²) >= 11 is 0. The molecule has 0 fully saturated rings. The van der Waals surface area contributed by atoms with Crippen LogP contribution in [0.5, 0.6) is 11.5 Å². The number of phenols is 2. The molecule has 2 nitrogen and oxygen atoms in total. The van der Waals surface area contributed by atoms with Gasteiger partial charge in [-0.15, -0.1) is 0 Å². The Kier molecular flexibility index (Phi) is 3.62. The van der Waals surface area contributed by atoms with Gasteiger partial charge in [-0.1, -0.05) is 19.8 Å². The van der Waals surface area contributed by atoms with Crippen LogP contribution in [0, 0.1) is 0 Å². The Hall–Kier alpha value is -1.18. The first kappa shape index (κ1) is 9.90. The molecule has 0 aliphatic rings. The van der Waals surface area contributed by atoms with Crippen LogP contribution in [0.1, 0.15) is 31.7 Å². The lowest BCUT2D eigenvalue weighted by Crippen LogP contribution is -1.84. The molecule has 0 saturated heterocycles. The normalized spacial score (nSPS) is 10.2. The lowest BCUT2D eigenvalue weighted by atomic mass is 10.1. The molecule has 1 rings (SSSR count). The van der Waals surface area contributed by atoms with E-state index in [2.05, 4.69) is 6.92 Å². The molecule has 13 heavy (non-hydrogen) atoms. The van der Waals surface area contributed by atoms with E-state index in [-0.39, 0.29) is 11.5 Å². The van der Waals surface area contributed by atoms with Crippen LogP contribution >= 0.6 is 0 Å². The summed E-state index contributed by atoms with van der Waals surface area (Å²) in [5.74, 6) is 0.290. The average molecular weight is 184 g/mol. The van der Waals surface area contributed by atoms with E-state index in [0.29, 0.717) is 0 Å². The zero-order valence-electron chi connectivity index (χ0n) is 7.95. The van der Waals surface area contributed by atoms with Crippen molar-refractivity contribution in [3.05, 3.63) is 23.8 Å². The zero-order valence-corrected chi connectivity index (χ0v) is 7.95. The third kappa shape index (κ3) is 3.36. The lowest BCUT2D eigenvalue weighted by molar-refractivity contribution is 0.449. The zero-order chi connectivity index (χ0) is 9.68. The standard InChI is InChI=1S/C11H16O2/c1-2-3-4-5-9-6-10(12)8-11(13)7-9/h6-8,12-13H,2-5H2,1H3/i6+1,8+1,10+1,11+1. The van der Waals surface area contributed by atoms with Gasteiger partial charge in [-0.25, -0.2) is 0 Å². The lowest BCUT2D eigenvalue weighted by Gasteiger charge is -2.02. The Morgan fingerprint density at radius 3 is 2.15 bits per heavy atom. The van der Waals surface area contributed by atoms with Crippen molar-refractivity contribution in [1.82, 2.24) is 0 Å². The molecule has 1 aromatic carbocycles. The number of rotatable bonds is 4. The summed E-state index contributed by atoms with van der Waals surface area (Å²) in [7, 11) is 0. The molecule has 0 saturated carbocycles. The van der Waals surface area contributed by atoms with Crippen molar-refractivity contribution in [3.8, 4) is 11.5 Å². The van der Waals surface area contributed by atoms with E-state index >= 15 is 0 Å². The number of benzene rings is 1. The van der Waals surface area contributed by atoms with Gasteiger partial charge < -0.3 is 10.2 Å². The Morgan fingerprint density at radius 1 is 1.00 bits per heavy atom. The number of hydrogen-bond acceptors (Lipinski definition) is 2. The molecular weight excluding hydrogens is 168 g/mol. The van der Waals surface area contributed by atoms with E-state index in [1.165, 1.54) is 18.9 Å². The minimum Gasteiger partial charge on any atom is -0.508 e. The van der Waals surface area contributed by atoms with E-state index in [1.807, 2.05) is 0 Å². The Bertz CT molecular complexity index is 249. The summed E-state index contributed by atoms with van der Waals surface area (Å²) in [5, 5.41) is 18.4. The molecule has 0 amide bonds. The van der Waals surface area contributed by atoms with E-state index < -0.39 is 0 Å². The van der Waals surface area contributed by atoms with Crippen molar-refractivity contribution in [2.24, 2.45) is 0 Å². The van der Waals surface area contributed by atoms with Crippen LogP contribution in [0.15, 0.2) is 18.2 Å². The van der Waals surface area contributed by atoms with Gasteiger partial charge in [0, 0.05) is 6.07 Å². The third-order valence-electron chi connectivity index (χ3n) is 2.03. The number of hydrogen-bond donors (Lipinski definition) is 2. The number of aromatic hydroxyl groups is 2. The maximum atomic E-state index is 9.19. The van der Waals surface area contributed by atoms with Crippen LogP contribution in [-0.4, -0.2) is 10.2 Å². The first-order valence-corrected chi connectivity index (χ1v) is 4.74. The van der Waals surface area contributed by atoms with Crippen molar-refractivity contribution < 1.29 is 10.2 Å². The molecule has 0 aliphatic heterocycles. The summed E-state index contributed by atoms with van der Waals surface area (Å²) in [6.07, 6.45) is 4.41. The topological polar surface area (TPSA) is 40.5 Å². The highest BCUT2D eigenvalue weighted by atomic mass is 16.4. The molecule has 2 N–H and O–H groups in total. The fourth-order valence-electron chi connectivity index (χ4n) is 1.38. The molecular formula is C11H16O2. The molecule has 2 heteroatoms. The number of aryl methyl sites for hydroxylation is 1. The predicted octanol–water partition coefficient (Wildman–Crippen LogP) is 2.83. The maximum absolute atomic E-state index is 9.19. The second-order valence-electron chi connectivity index (χ2n) is 3.31. The van der Waals surface area contributed by atoms with Crippen LogP contribution < -0.4 is 0 Å². The van der Waals surface area contributed by atoms with Gasteiger partial charge in [0.1, 0.15) is 11.5 Å². The van der Waals surface area contributed by atoms with Gasteiger partial charge in [0.05, 0.1) is 0 Å². The number of phenolic OH excluding ortho intramolecular Hbond substituents is 2. The monoisotopic (exact) mass is 184 g/mol. The molecule has 0 unspecified atom stereocenters. The quantitative estimate of drug-likeness (QED) is 0.706. The van der Waals surface area contributed by atoms with Crippen molar-refractivity contribution >= 4 is 0 Å². The SMILES string of the molecule is CCCCCc1c[13c](O)[13cH][13c](O)[13cH]1. The largest absolute Gasteiger partial charge is 0.508 e. The van der Waals surface area contributed by atoms with Gasteiger partial charge in [0.2, 0.25) is 0 Å². The molecule has 72 valence electrons. The van der Waals surface area contributed by atoms with E-state index in [9.17, 15) is 10.2 Å². The molecule has 0 heterocycles. The summed E-state index contributed by atoms with van der Waals surface area (Å²) < 4.78 is 0. The summed E-state index contributed by atoms with van der Waals surface area (Å²) in [5.41, 5.74) is 1.01. The first-order chi connectivity index (χ1) is 6.22. The molecule has 1 aromatic rings. The fraction of sp³-hybridized carbons (Fsp3) is 0.455. The fourth-order valence-corrected chi connectivity index (χ4v) is 1.38. The molecule has 0 spiro atoms. The van der Waals surface area contributed by atoms with Crippen LogP contribution in [0.3, 0.4) is 0 Å². The van der Waals surface area contributed by atoms with Crippen LogP contribution in [-0.2, 0) is 6.42 Å². The second kappa shape index (κ2) is 4.75. The summed E-state index contributed by atoms with van der Waals surface area (Å²) in [4.78, 5) is 0.